The van der Waals surface area contributed by atoms with E-state index in [0.29, 0.717) is 29.7 Å². The summed E-state index contributed by atoms with van der Waals surface area (Å²) in [4.78, 5) is 30.0. The number of aromatic nitrogens is 3. The average molecular weight is 396 g/mol. The summed E-state index contributed by atoms with van der Waals surface area (Å²) in [6.07, 6.45) is 4.18. The SMILES string of the molecule is CCCCNc1nc(N)c2c(n1)N(Cc1ccc(N3CCNCC3)nc1)C(=O)C2. The van der Waals surface area contributed by atoms with Gasteiger partial charge in [0, 0.05) is 44.5 Å². The molecule has 0 aromatic carbocycles. The Bertz CT molecular complexity index is 864. The third-order valence-electron chi connectivity index (χ3n) is 5.31. The molecule has 0 atom stereocenters. The molecule has 0 bridgehead atoms. The summed E-state index contributed by atoms with van der Waals surface area (Å²) in [5, 5.41) is 6.54. The molecule has 1 amide bonds. The summed E-state index contributed by atoms with van der Waals surface area (Å²) in [5.74, 6) is 2.40. The molecule has 0 radical (unpaired) electrons. The van der Waals surface area contributed by atoms with E-state index < -0.39 is 0 Å². The van der Waals surface area contributed by atoms with Gasteiger partial charge in [0.15, 0.2) is 0 Å². The lowest BCUT2D eigenvalue weighted by Crippen LogP contribution is -2.43. The highest BCUT2D eigenvalue weighted by Crippen LogP contribution is 2.32. The van der Waals surface area contributed by atoms with E-state index >= 15 is 0 Å². The number of amides is 1. The zero-order chi connectivity index (χ0) is 20.2. The lowest BCUT2D eigenvalue weighted by atomic mass is 10.2. The van der Waals surface area contributed by atoms with E-state index in [9.17, 15) is 4.79 Å². The van der Waals surface area contributed by atoms with Crippen LogP contribution < -0.4 is 26.2 Å². The molecule has 4 heterocycles. The number of nitrogens with one attached hydrogen (secondary N) is 2. The molecule has 4 N–H and O–H groups in total. The number of nitrogen functional groups attached to an aromatic ring is 1. The largest absolute Gasteiger partial charge is 0.383 e. The number of nitrogens with zero attached hydrogens (tertiary/aromatic N) is 5. The number of unbranched alkanes of at least 4 members (excludes halogenated alkanes) is 1. The summed E-state index contributed by atoms with van der Waals surface area (Å²) in [6.45, 7) is 7.17. The van der Waals surface area contributed by atoms with Gasteiger partial charge in [-0.25, -0.2) is 4.98 Å². The molecule has 0 unspecified atom stereocenters. The van der Waals surface area contributed by atoms with Crippen molar-refractivity contribution in [1.82, 2.24) is 20.3 Å². The number of fused-ring (bicyclic) bond motifs is 1. The monoisotopic (exact) mass is 396 g/mol. The summed E-state index contributed by atoms with van der Waals surface area (Å²) in [5.41, 5.74) is 7.77. The number of pyridine rings is 1. The minimum Gasteiger partial charge on any atom is -0.383 e. The average Bonchev–Trinajstić information content (AvgIpc) is 3.05. The van der Waals surface area contributed by atoms with Crippen LogP contribution in [0.2, 0.25) is 0 Å². The highest BCUT2D eigenvalue weighted by molar-refractivity contribution is 6.01. The normalized spacial score (nSPS) is 16.2. The summed E-state index contributed by atoms with van der Waals surface area (Å²) >= 11 is 0. The van der Waals surface area contributed by atoms with Crippen LogP contribution in [0.3, 0.4) is 0 Å². The molecular formula is C20H28N8O. The number of nitrogens with two attached hydrogens (primary N) is 1. The Morgan fingerprint density at radius 2 is 2.07 bits per heavy atom. The number of piperazine rings is 1. The number of hydrogen-bond donors (Lipinski definition) is 3. The third kappa shape index (κ3) is 4.24. The van der Waals surface area contributed by atoms with Crippen molar-refractivity contribution in [2.45, 2.75) is 32.7 Å². The van der Waals surface area contributed by atoms with Crippen LogP contribution in [0.1, 0.15) is 30.9 Å². The molecule has 0 spiro atoms. The van der Waals surface area contributed by atoms with Crippen LogP contribution in [-0.2, 0) is 17.8 Å². The highest BCUT2D eigenvalue weighted by atomic mass is 16.2. The van der Waals surface area contributed by atoms with Gasteiger partial charge in [-0.3, -0.25) is 9.69 Å². The summed E-state index contributed by atoms with van der Waals surface area (Å²) < 4.78 is 0. The second kappa shape index (κ2) is 8.60. The Balaban J connectivity index is 1.50. The first-order valence-electron chi connectivity index (χ1n) is 10.3. The first-order valence-corrected chi connectivity index (χ1v) is 10.3. The van der Waals surface area contributed by atoms with Crippen LogP contribution in [0.25, 0.3) is 0 Å². The highest BCUT2D eigenvalue weighted by Gasteiger charge is 2.32. The zero-order valence-corrected chi connectivity index (χ0v) is 16.8. The van der Waals surface area contributed by atoms with E-state index in [4.69, 9.17) is 5.73 Å². The lowest BCUT2D eigenvalue weighted by Gasteiger charge is -2.28. The molecule has 0 aliphatic carbocycles. The Morgan fingerprint density at radius 1 is 1.24 bits per heavy atom. The fourth-order valence-electron chi connectivity index (χ4n) is 3.64. The van der Waals surface area contributed by atoms with E-state index in [1.54, 1.807) is 4.90 Å². The van der Waals surface area contributed by atoms with Crippen molar-refractivity contribution >= 4 is 29.3 Å². The van der Waals surface area contributed by atoms with Gasteiger partial charge in [0.2, 0.25) is 11.9 Å². The van der Waals surface area contributed by atoms with E-state index in [1.165, 1.54) is 0 Å². The quantitative estimate of drug-likeness (QED) is 0.598. The van der Waals surface area contributed by atoms with Crippen molar-refractivity contribution < 1.29 is 4.79 Å². The Morgan fingerprint density at radius 3 is 2.79 bits per heavy atom. The van der Waals surface area contributed by atoms with Gasteiger partial charge in [-0.2, -0.15) is 9.97 Å². The number of anilines is 4. The number of carbonyl (C=O) groups is 1. The van der Waals surface area contributed by atoms with Gasteiger partial charge in [0.25, 0.3) is 0 Å². The van der Waals surface area contributed by atoms with Gasteiger partial charge < -0.3 is 21.3 Å². The van der Waals surface area contributed by atoms with Crippen LogP contribution in [0.4, 0.5) is 23.4 Å². The molecule has 2 aromatic rings. The smallest absolute Gasteiger partial charge is 0.233 e. The molecule has 1 fully saturated rings. The zero-order valence-electron chi connectivity index (χ0n) is 16.8. The van der Waals surface area contributed by atoms with Crippen LogP contribution >= 0.6 is 0 Å². The first-order chi connectivity index (χ1) is 14.2. The van der Waals surface area contributed by atoms with Crippen molar-refractivity contribution in [3.05, 3.63) is 29.5 Å². The van der Waals surface area contributed by atoms with Crippen LogP contribution in [0, 0.1) is 0 Å². The second-order valence-corrected chi connectivity index (χ2v) is 7.43. The fraction of sp³-hybridized carbons (Fsp3) is 0.500. The maximum absolute atomic E-state index is 12.6. The van der Waals surface area contributed by atoms with Crippen LogP contribution in [-0.4, -0.2) is 53.6 Å². The summed E-state index contributed by atoms with van der Waals surface area (Å²) in [7, 11) is 0. The van der Waals surface area contributed by atoms with Gasteiger partial charge in [0.1, 0.15) is 17.5 Å². The number of hydrogen-bond acceptors (Lipinski definition) is 8. The van der Waals surface area contributed by atoms with Crippen molar-refractivity contribution in [2.24, 2.45) is 0 Å². The van der Waals surface area contributed by atoms with Gasteiger partial charge in [0.05, 0.1) is 13.0 Å². The van der Waals surface area contributed by atoms with E-state index in [1.807, 2.05) is 18.3 Å². The van der Waals surface area contributed by atoms with E-state index in [2.05, 4.69) is 37.4 Å². The predicted molar refractivity (Wildman–Crippen MR) is 114 cm³/mol. The number of carbonyl (C=O) groups excluding carboxylic acids is 1. The molecule has 154 valence electrons. The van der Waals surface area contributed by atoms with E-state index in [-0.39, 0.29) is 12.3 Å². The van der Waals surface area contributed by atoms with Crippen molar-refractivity contribution in [3.63, 3.8) is 0 Å². The fourth-order valence-corrected chi connectivity index (χ4v) is 3.64. The van der Waals surface area contributed by atoms with Gasteiger partial charge >= 0.3 is 0 Å². The molecule has 2 aromatic heterocycles. The molecule has 9 nitrogen and oxygen atoms in total. The first kappa shape index (κ1) is 19.4. The van der Waals surface area contributed by atoms with Gasteiger partial charge in [-0.05, 0) is 18.1 Å². The molecule has 29 heavy (non-hydrogen) atoms. The Labute approximate surface area is 170 Å². The van der Waals surface area contributed by atoms with Gasteiger partial charge in [-0.1, -0.05) is 19.4 Å². The van der Waals surface area contributed by atoms with Crippen LogP contribution in [0.5, 0.6) is 0 Å². The van der Waals surface area contributed by atoms with Gasteiger partial charge in [-0.15, -0.1) is 0 Å². The molecule has 4 rings (SSSR count). The molecule has 1 saturated heterocycles. The van der Waals surface area contributed by atoms with E-state index in [0.717, 1.165) is 56.9 Å². The molecule has 0 saturated carbocycles. The minimum absolute atomic E-state index is 0.0158. The van der Waals surface area contributed by atoms with Crippen molar-refractivity contribution in [2.75, 3.05) is 53.6 Å². The topological polar surface area (TPSA) is 112 Å². The molecular weight excluding hydrogens is 368 g/mol. The summed E-state index contributed by atoms with van der Waals surface area (Å²) in [6, 6.07) is 4.05. The second-order valence-electron chi connectivity index (χ2n) is 7.43. The predicted octanol–water partition coefficient (Wildman–Crippen LogP) is 1.16. The maximum Gasteiger partial charge on any atom is 0.233 e. The Hall–Kier alpha value is -2.94. The third-order valence-corrected chi connectivity index (χ3v) is 5.31. The number of rotatable bonds is 7. The standard InChI is InChI=1S/C20H28N8O/c1-2-3-6-23-20-25-18(21)15-11-17(29)28(19(15)26-20)13-14-4-5-16(24-12-14)27-9-7-22-8-10-27/h4-5,12,22H,2-3,6-11,13H2,1H3,(H3,21,23,25,26). The maximum atomic E-state index is 12.6. The minimum atomic E-state index is -0.0158. The molecule has 9 heteroatoms. The lowest BCUT2D eigenvalue weighted by molar-refractivity contribution is -0.117. The van der Waals surface area contributed by atoms with Crippen molar-refractivity contribution in [1.29, 1.82) is 0 Å². The molecule has 2 aliphatic rings. The Kier molecular flexibility index (Phi) is 5.75. The van der Waals surface area contributed by atoms with Crippen molar-refractivity contribution in [3.8, 4) is 0 Å². The van der Waals surface area contributed by atoms with Crippen LogP contribution in [0.15, 0.2) is 18.3 Å². The molecule has 2 aliphatic heterocycles.